The molecular formula is C11H20Cl3NO2. The van der Waals surface area contributed by atoms with Gasteiger partial charge in [-0.15, -0.1) is 0 Å². The zero-order valence-corrected chi connectivity index (χ0v) is 12.3. The summed E-state index contributed by atoms with van der Waals surface area (Å²) in [5, 5.41) is 11.5. The van der Waals surface area contributed by atoms with Gasteiger partial charge < -0.3 is 10.4 Å². The minimum absolute atomic E-state index is 0.292. The number of carbonyl (C=O) groups is 1. The van der Waals surface area contributed by atoms with Crippen LogP contribution >= 0.6 is 34.8 Å². The Bertz CT molecular complexity index is 219. The smallest absolute Gasteiger partial charge is 0.234 e. The number of alkyl halides is 3. The van der Waals surface area contributed by atoms with Crippen molar-refractivity contribution in [1.82, 2.24) is 5.32 Å². The molecule has 0 saturated carbocycles. The number of aliphatic hydroxyl groups is 1. The number of amides is 1. The third-order valence-electron chi connectivity index (χ3n) is 2.37. The second-order valence-corrected chi connectivity index (χ2v) is 6.40. The molecule has 0 unspecified atom stereocenters. The number of aliphatic hydroxyl groups excluding tert-OH is 1. The lowest BCUT2D eigenvalue weighted by atomic mass is 10.1. The molecule has 0 aromatic rings. The van der Waals surface area contributed by atoms with E-state index in [2.05, 4.69) is 12.2 Å². The van der Waals surface area contributed by atoms with Crippen LogP contribution in [0.4, 0.5) is 0 Å². The van der Waals surface area contributed by atoms with Crippen molar-refractivity contribution in [3.05, 3.63) is 0 Å². The number of unbranched alkanes of at least 4 members (excludes halogenated alkanes) is 5. The summed E-state index contributed by atoms with van der Waals surface area (Å²) in [7, 11) is 0. The van der Waals surface area contributed by atoms with Gasteiger partial charge in [0.05, 0.1) is 0 Å². The van der Waals surface area contributed by atoms with E-state index in [-0.39, 0.29) is 5.91 Å². The van der Waals surface area contributed by atoms with Crippen molar-refractivity contribution in [3.8, 4) is 0 Å². The first kappa shape index (κ1) is 17.3. The van der Waals surface area contributed by atoms with E-state index in [0.29, 0.717) is 6.42 Å². The van der Waals surface area contributed by atoms with Gasteiger partial charge in [-0.25, -0.2) is 0 Å². The number of nitrogens with one attached hydrogen (secondary N) is 1. The average molecular weight is 305 g/mol. The van der Waals surface area contributed by atoms with E-state index < -0.39 is 10.0 Å². The normalized spacial score (nSPS) is 13.5. The molecular weight excluding hydrogens is 284 g/mol. The zero-order valence-electron chi connectivity index (χ0n) is 10.0. The summed E-state index contributed by atoms with van der Waals surface area (Å²) in [5.41, 5.74) is 0. The van der Waals surface area contributed by atoms with Gasteiger partial charge in [0.15, 0.2) is 6.23 Å². The summed E-state index contributed by atoms with van der Waals surface area (Å²) in [4.78, 5) is 11.3. The van der Waals surface area contributed by atoms with Gasteiger partial charge in [-0.2, -0.15) is 0 Å². The van der Waals surface area contributed by atoms with Crippen molar-refractivity contribution in [1.29, 1.82) is 0 Å². The molecule has 0 aliphatic carbocycles. The van der Waals surface area contributed by atoms with E-state index >= 15 is 0 Å². The fraction of sp³-hybridized carbons (Fsp3) is 0.909. The molecule has 102 valence electrons. The zero-order chi connectivity index (χ0) is 13.3. The lowest BCUT2D eigenvalue weighted by molar-refractivity contribution is -0.124. The maximum Gasteiger partial charge on any atom is 0.234 e. The molecule has 1 amide bonds. The first-order valence-electron chi connectivity index (χ1n) is 5.92. The van der Waals surface area contributed by atoms with Crippen LogP contribution in [0.1, 0.15) is 51.9 Å². The van der Waals surface area contributed by atoms with Gasteiger partial charge in [0.1, 0.15) is 0 Å². The van der Waals surface area contributed by atoms with Gasteiger partial charge in [-0.1, -0.05) is 73.8 Å². The Labute approximate surface area is 118 Å². The highest BCUT2D eigenvalue weighted by atomic mass is 35.6. The Hall–Kier alpha value is 0.300. The van der Waals surface area contributed by atoms with Crippen LogP contribution < -0.4 is 5.32 Å². The molecule has 2 N–H and O–H groups in total. The molecule has 6 heteroatoms. The van der Waals surface area contributed by atoms with E-state index in [1.807, 2.05) is 0 Å². The topological polar surface area (TPSA) is 49.3 Å². The Kier molecular flexibility index (Phi) is 9.42. The lowest BCUT2D eigenvalue weighted by Gasteiger charge is -2.19. The van der Waals surface area contributed by atoms with Crippen LogP contribution in [-0.4, -0.2) is 21.0 Å². The Balaban J connectivity index is 3.53. The molecule has 0 radical (unpaired) electrons. The average Bonchev–Trinajstić information content (AvgIpc) is 2.21. The molecule has 3 nitrogen and oxygen atoms in total. The summed E-state index contributed by atoms with van der Waals surface area (Å²) in [6.07, 6.45) is 5.47. The van der Waals surface area contributed by atoms with E-state index in [1.54, 1.807) is 0 Å². The molecule has 0 heterocycles. The molecule has 0 saturated heterocycles. The standard InChI is InChI=1S/C11H20Cl3NO2/c1-2-3-4-5-6-7-8-9(16)15-10(17)11(12,13)14/h10,17H,2-8H2,1H3,(H,15,16)/t10-/m1/s1. The van der Waals surface area contributed by atoms with Gasteiger partial charge in [0, 0.05) is 6.42 Å². The quantitative estimate of drug-likeness (QED) is 0.409. The van der Waals surface area contributed by atoms with E-state index in [0.717, 1.165) is 19.3 Å². The molecule has 1 atom stereocenters. The van der Waals surface area contributed by atoms with Gasteiger partial charge in [0.2, 0.25) is 9.70 Å². The molecule has 0 spiro atoms. The molecule has 0 aliphatic heterocycles. The first-order chi connectivity index (χ1) is 7.88. The van der Waals surface area contributed by atoms with Crippen LogP contribution in [0.2, 0.25) is 0 Å². The predicted octanol–water partition coefficient (Wildman–Crippen LogP) is 3.54. The minimum Gasteiger partial charge on any atom is -0.369 e. The van der Waals surface area contributed by atoms with Crippen molar-refractivity contribution in [2.24, 2.45) is 0 Å². The van der Waals surface area contributed by atoms with Gasteiger partial charge in [-0.05, 0) is 6.42 Å². The molecule has 0 fully saturated rings. The highest BCUT2D eigenvalue weighted by molar-refractivity contribution is 6.68. The summed E-state index contributed by atoms with van der Waals surface area (Å²) >= 11 is 16.2. The first-order valence-corrected chi connectivity index (χ1v) is 7.05. The summed E-state index contributed by atoms with van der Waals surface area (Å²) in [6, 6.07) is 0. The predicted molar refractivity (Wildman–Crippen MR) is 72.4 cm³/mol. The largest absolute Gasteiger partial charge is 0.369 e. The van der Waals surface area contributed by atoms with Crippen LogP contribution in [0.3, 0.4) is 0 Å². The number of carbonyl (C=O) groups excluding carboxylic acids is 1. The second kappa shape index (κ2) is 9.26. The number of halogens is 3. The highest BCUT2D eigenvalue weighted by Crippen LogP contribution is 2.28. The molecule has 0 aliphatic rings. The van der Waals surface area contributed by atoms with Crippen molar-refractivity contribution >= 4 is 40.7 Å². The van der Waals surface area contributed by atoms with Gasteiger partial charge >= 0.3 is 0 Å². The van der Waals surface area contributed by atoms with E-state index in [4.69, 9.17) is 34.8 Å². The van der Waals surface area contributed by atoms with Crippen LogP contribution in [0.15, 0.2) is 0 Å². The van der Waals surface area contributed by atoms with Crippen LogP contribution in [0.25, 0.3) is 0 Å². The minimum atomic E-state index is -1.88. The Morgan fingerprint density at radius 1 is 1.18 bits per heavy atom. The molecule has 17 heavy (non-hydrogen) atoms. The summed E-state index contributed by atoms with van der Waals surface area (Å²) in [6.45, 7) is 2.16. The molecule has 0 bridgehead atoms. The van der Waals surface area contributed by atoms with Crippen molar-refractivity contribution in [3.63, 3.8) is 0 Å². The van der Waals surface area contributed by atoms with Crippen LogP contribution in [0.5, 0.6) is 0 Å². The number of hydrogen-bond acceptors (Lipinski definition) is 2. The Morgan fingerprint density at radius 2 is 1.71 bits per heavy atom. The van der Waals surface area contributed by atoms with E-state index in [1.165, 1.54) is 19.3 Å². The van der Waals surface area contributed by atoms with Crippen molar-refractivity contribution in [2.75, 3.05) is 0 Å². The third-order valence-corrected chi connectivity index (χ3v) is 2.99. The van der Waals surface area contributed by atoms with Crippen molar-refractivity contribution < 1.29 is 9.90 Å². The fourth-order valence-corrected chi connectivity index (χ4v) is 1.54. The SMILES string of the molecule is CCCCCCCCC(=O)N[C@H](O)C(Cl)(Cl)Cl. The van der Waals surface area contributed by atoms with E-state index in [9.17, 15) is 9.90 Å². The maximum atomic E-state index is 11.3. The van der Waals surface area contributed by atoms with Crippen LogP contribution in [-0.2, 0) is 4.79 Å². The number of hydrogen-bond donors (Lipinski definition) is 2. The monoisotopic (exact) mass is 303 g/mol. The fourth-order valence-electron chi connectivity index (χ4n) is 1.37. The highest BCUT2D eigenvalue weighted by Gasteiger charge is 2.31. The third kappa shape index (κ3) is 9.95. The molecule has 0 rings (SSSR count). The maximum absolute atomic E-state index is 11.3. The summed E-state index contributed by atoms with van der Waals surface area (Å²) < 4.78 is -1.88. The summed E-state index contributed by atoms with van der Waals surface area (Å²) in [5.74, 6) is -0.292. The van der Waals surface area contributed by atoms with Gasteiger partial charge in [-0.3, -0.25) is 4.79 Å². The molecule has 0 aromatic heterocycles. The van der Waals surface area contributed by atoms with Gasteiger partial charge in [0.25, 0.3) is 0 Å². The Morgan fingerprint density at radius 3 is 2.24 bits per heavy atom. The lowest BCUT2D eigenvalue weighted by Crippen LogP contribution is -2.43. The van der Waals surface area contributed by atoms with Crippen molar-refractivity contribution in [2.45, 2.75) is 61.9 Å². The number of rotatable bonds is 8. The van der Waals surface area contributed by atoms with Crippen LogP contribution in [0, 0.1) is 0 Å². The molecule has 0 aromatic carbocycles. The second-order valence-electron chi connectivity index (χ2n) is 4.03.